The van der Waals surface area contributed by atoms with Crippen molar-refractivity contribution in [2.45, 2.75) is 45.3 Å². The van der Waals surface area contributed by atoms with Crippen molar-refractivity contribution in [3.05, 3.63) is 29.8 Å². The normalized spacial score (nSPS) is 21.6. The highest BCUT2D eigenvalue weighted by Crippen LogP contribution is 2.28. The molecule has 8 heteroatoms. The molecule has 0 aliphatic carbocycles. The summed E-state index contributed by atoms with van der Waals surface area (Å²) in [6.07, 6.45) is 3.23. The molecule has 1 aromatic rings. The zero-order valence-corrected chi connectivity index (χ0v) is 16.0. The molecule has 2 N–H and O–H groups in total. The number of benzene rings is 1. The number of hydrogen-bond donors (Lipinski definition) is 2. The van der Waals surface area contributed by atoms with Crippen LogP contribution in [0.2, 0.25) is 0 Å². The van der Waals surface area contributed by atoms with E-state index in [2.05, 4.69) is 22.3 Å². The second kappa shape index (κ2) is 8.86. The highest BCUT2D eigenvalue weighted by Gasteiger charge is 2.36. The number of rotatable bonds is 6. The monoisotopic (exact) mass is 395 g/mol. The number of likely N-dealkylation sites (tertiary alicyclic amines) is 1. The molecule has 1 atom stereocenters. The minimum Gasteiger partial charge on any atom is -0.434 e. The van der Waals surface area contributed by atoms with Gasteiger partial charge in [-0.2, -0.15) is 8.78 Å². The minimum absolute atomic E-state index is 0.0477. The molecule has 3 rings (SSSR count). The van der Waals surface area contributed by atoms with Crippen LogP contribution in [0.3, 0.4) is 0 Å². The smallest absolute Gasteiger partial charge is 0.387 e. The predicted molar refractivity (Wildman–Crippen MR) is 100 cm³/mol. The second-order valence-electron chi connectivity index (χ2n) is 7.81. The van der Waals surface area contributed by atoms with Gasteiger partial charge in [0.1, 0.15) is 11.8 Å². The topological polar surface area (TPSA) is 70.7 Å². The van der Waals surface area contributed by atoms with Crippen LogP contribution in [-0.2, 0) is 4.79 Å². The number of halogens is 2. The molecule has 0 aromatic heterocycles. The van der Waals surface area contributed by atoms with Crippen LogP contribution >= 0.6 is 0 Å². The molecule has 2 aliphatic heterocycles. The summed E-state index contributed by atoms with van der Waals surface area (Å²) < 4.78 is 29.8. The summed E-state index contributed by atoms with van der Waals surface area (Å²) in [7, 11) is 0. The summed E-state index contributed by atoms with van der Waals surface area (Å²) in [5, 5.41) is 6.32. The number of ether oxygens (including phenoxy) is 1. The van der Waals surface area contributed by atoms with Crippen LogP contribution in [0.1, 0.15) is 43.0 Å². The number of carbonyl (C=O) groups excluding carboxylic acids is 2. The molecule has 0 saturated carbocycles. The number of piperidine rings is 1. The van der Waals surface area contributed by atoms with E-state index in [1.54, 1.807) is 6.07 Å². The third kappa shape index (κ3) is 4.79. The molecule has 154 valence electrons. The highest BCUT2D eigenvalue weighted by atomic mass is 19.3. The number of para-hydroxylation sites is 1. The van der Waals surface area contributed by atoms with E-state index in [1.165, 1.54) is 23.1 Å². The van der Waals surface area contributed by atoms with Crippen molar-refractivity contribution < 1.29 is 23.1 Å². The van der Waals surface area contributed by atoms with Crippen LogP contribution < -0.4 is 15.4 Å². The quantitative estimate of drug-likeness (QED) is 0.776. The highest BCUT2D eigenvalue weighted by molar-refractivity contribution is 6.00. The standard InChI is InChI=1S/C20H27F2N3O3/c1-20(8-10-23-11-9-20)13-24-17(26)15-6-4-12-25(15)18(27)14-5-2-3-7-16(14)28-19(21)22/h2-3,5,7,15,19,23H,4,6,8-13H2,1H3,(H,24,26). The Kier molecular flexibility index (Phi) is 6.49. The molecule has 0 bridgehead atoms. The molecule has 2 saturated heterocycles. The van der Waals surface area contributed by atoms with Crippen molar-refractivity contribution in [3.63, 3.8) is 0 Å². The average molecular weight is 395 g/mol. The van der Waals surface area contributed by atoms with Gasteiger partial charge in [-0.1, -0.05) is 19.1 Å². The predicted octanol–water partition coefficient (Wildman–Crippen LogP) is 2.40. The van der Waals surface area contributed by atoms with Crippen molar-refractivity contribution in [1.82, 2.24) is 15.5 Å². The van der Waals surface area contributed by atoms with E-state index in [4.69, 9.17) is 0 Å². The minimum atomic E-state index is -3.02. The van der Waals surface area contributed by atoms with Gasteiger partial charge in [0, 0.05) is 13.1 Å². The number of hydrogen-bond acceptors (Lipinski definition) is 4. The Bertz CT molecular complexity index is 708. The maximum absolute atomic E-state index is 12.9. The zero-order valence-electron chi connectivity index (χ0n) is 16.0. The van der Waals surface area contributed by atoms with E-state index in [1.807, 2.05) is 0 Å². The van der Waals surface area contributed by atoms with E-state index in [-0.39, 0.29) is 22.6 Å². The molecule has 2 fully saturated rings. The summed E-state index contributed by atoms with van der Waals surface area (Å²) in [4.78, 5) is 27.2. The lowest BCUT2D eigenvalue weighted by atomic mass is 9.81. The SMILES string of the molecule is CC1(CNC(=O)C2CCCN2C(=O)c2ccccc2OC(F)F)CCNCC1. The van der Waals surface area contributed by atoms with Gasteiger partial charge in [0.2, 0.25) is 5.91 Å². The molecule has 1 aromatic carbocycles. The Morgan fingerprint density at radius 1 is 1.32 bits per heavy atom. The maximum atomic E-state index is 12.9. The number of nitrogens with zero attached hydrogens (tertiary/aromatic N) is 1. The number of carbonyl (C=O) groups is 2. The largest absolute Gasteiger partial charge is 0.434 e. The van der Waals surface area contributed by atoms with Gasteiger partial charge in [0.15, 0.2) is 0 Å². The van der Waals surface area contributed by atoms with Crippen LogP contribution in [0.4, 0.5) is 8.78 Å². The van der Waals surface area contributed by atoms with E-state index in [9.17, 15) is 18.4 Å². The third-order valence-electron chi connectivity index (χ3n) is 5.65. The van der Waals surface area contributed by atoms with Crippen LogP contribution in [-0.4, -0.2) is 55.5 Å². The van der Waals surface area contributed by atoms with Gasteiger partial charge in [-0.25, -0.2) is 0 Å². The third-order valence-corrected chi connectivity index (χ3v) is 5.65. The van der Waals surface area contributed by atoms with Gasteiger partial charge in [0.25, 0.3) is 5.91 Å². The molecule has 2 aliphatic rings. The lowest BCUT2D eigenvalue weighted by Crippen LogP contribution is -2.49. The lowest BCUT2D eigenvalue weighted by Gasteiger charge is -2.35. The fourth-order valence-electron chi connectivity index (χ4n) is 3.90. The fraction of sp³-hybridized carbons (Fsp3) is 0.600. The molecule has 2 heterocycles. The fourth-order valence-corrected chi connectivity index (χ4v) is 3.90. The zero-order chi connectivity index (χ0) is 20.1. The molecular weight excluding hydrogens is 368 g/mol. The lowest BCUT2D eigenvalue weighted by molar-refractivity contribution is -0.125. The molecule has 1 unspecified atom stereocenters. The Morgan fingerprint density at radius 3 is 2.75 bits per heavy atom. The van der Waals surface area contributed by atoms with Crippen LogP contribution in [0, 0.1) is 5.41 Å². The van der Waals surface area contributed by atoms with E-state index < -0.39 is 18.6 Å². The maximum Gasteiger partial charge on any atom is 0.387 e. The second-order valence-corrected chi connectivity index (χ2v) is 7.81. The first-order valence-electron chi connectivity index (χ1n) is 9.73. The van der Waals surface area contributed by atoms with E-state index >= 15 is 0 Å². The first-order chi connectivity index (χ1) is 13.4. The van der Waals surface area contributed by atoms with Crippen molar-refractivity contribution in [3.8, 4) is 5.75 Å². The number of nitrogens with one attached hydrogen (secondary N) is 2. The summed E-state index contributed by atoms with van der Waals surface area (Å²) in [6.45, 7) is 1.99. The summed E-state index contributed by atoms with van der Waals surface area (Å²) in [6, 6.07) is 5.32. The van der Waals surface area contributed by atoms with Crippen LogP contribution in [0.25, 0.3) is 0 Å². The van der Waals surface area contributed by atoms with E-state index in [0.29, 0.717) is 25.9 Å². The molecule has 2 amide bonds. The molecule has 6 nitrogen and oxygen atoms in total. The molecular formula is C20H27F2N3O3. The number of amides is 2. The first kappa shape index (κ1) is 20.5. The number of alkyl halides is 2. The van der Waals surface area contributed by atoms with Crippen LogP contribution in [0.15, 0.2) is 24.3 Å². The Balaban J connectivity index is 1.67. The average Bonchev–Trinajstić information content (AvgIpc) is 3.16. The van der Waals surface area contributed by atoms with Crippen molar-refractivity contribution >= 4 is 11.8 Å². The van der Waals surface area contributed by atoms with Crippen LogP contribution in [0.5, 0.6) is 5.75 Å². The van der Waals surface area contributed by atoms with Gasteiger partial charge in [-0.15, -0.1) is 0 Å². The summed E-state index contributed by atoms with van der Waals surface area (Å²) in [5.74, 6) is -0.810. The van der Waals surface area contributed by atoms with Gasteiger partial charge in [0.05, 0.1) is 5.56 Å². The van der Waals surface area contributed by atoms with Crippen molar-refractivity contribution in [1.29, 1.82) is 0 Å². The molecule has 0 radical (unpaired) electrons. The first-order valence-corrected chi connectivity index (χ1v) is 9.73. The Hall–Kier alpha value is -2.22. The van der Waals surface area contributed by atoms with Gasteiger partial charge in [-0.3, -0.25) is 9.59 Å². The molecule has 28 heavy (non-hydrogen) atoms. The van der Waals surface area contributed by atoms with Crippen molar-refractivity contribution in [2.75, 3.05) is 26.2 Å². The van der Waals surface area contributed by atoms with Gasteiger partial charge in [-0.05, 0) is 56.3 Å². The van der Waals surface area contributed by atoms with Gasteiger partial charge < -0.3 is 20.3 Å². The summed E-state index contributed by atoms with van der Waals surface area (Å²) in [5.41, 5.74) is 0.0966. The van der Waals surface area contributed by atoms with Crippen molar-refractivity contribution in [2.24, 2.45) is 5.41 Å². The van der Waals surface area contributed by atoms with E-state index in [0.717, 1.165) is 25.9 Å². The summed E-state index contributed by atoms with van der Waals surface area (Å²) >= 11 is 0. The molecule has 0 spiro atoms. The Morgan fingerprint density at radius 2 is 2.04 bits per heavy atom. The Labute approximate surface area is 163 Å². The van der Waals surface area contributed by atoms with Gasteiger partial charge >= 0.3 is 6.61 Å².